The molecule has 0 atom stereocenters. The van der Waals surface area contributed by atoms with Crippen LogP contribution in [0.4, 0.5) is 4.39 Å². The molecule has 0 fully saturated rings. The molecule has 76 valence electrons. The van der Waals surface area contributed by atoms with Gasteiger partial charge in [0.15, 0.2) is 0 Å². The summed E-state index contributed by atoms with van der Waals surface area (Å²) >= 11 is 0. The van der Waals surface area contributed by atoms with E-state index in [-0.39, 0.29) is 5.75 Å². The Bertz CT molecular complexity index is 479. The number of rotatable bonds is 1. The highest BCUT2D eigenvalue weighted by Crippen LogP contribution is 2.20. The standard InChI is InChI=1S/C12H10FNO/c1-8-2-7-11(14-12(8)13)9-3-5-10(15)6-4-9/h2-7,15H,1H3. The maximum Gasteiger partial charge on any atom is 0.216 e. The zero-order valence-corrected chi connectivity index (χ0v) is 8.24. The molecule has 0 aliphatic rings. The number of phenolic OH excluding ortho intramolecular Hbond substituents is 1. The van der Waals surface area contributed by atoms with Gasteiger partial charge in [0.25, 0.3) is 0 Å². The number of aryl methyl sites for hydroxylation is 1. The van der Waals surface area contributed by atoms with Crippen molar-refractivity contribution in [1.82, 2.24) is 4.98 Å². The molecule has 0 bridgehead atoms. The summed E-state index contributed by atoms with van der Waals surface area (Å²) in [5.74, 6) is -0.271. The first-order valence-electron chi connectivity index (χ1n) is 4.59. The lowest BCUT2D eigenvalue weighted by molar-refractivity contribution is 0.475. The molecule has 1 aromatic heterocycles. The van der Waals surface area contributed by atoms with Crippen LogP contribution in [0, 0.1) is 12.9 Å². The third-order valence-corrected chi connectivity index (χ3v) is 2.20. The zero-order chi connectivity index (χ0) is 10.8. The molecule has 2 nitrogen and oxygen atoms in total. The second-order valence-electron chi connectivity index (χ2n) is 3.35. The van der Waals surface area contributed by atoms with Crippen LogP contribution < -0.4 is 0 Å². The topological polar surface area (TPSA) is 33.1 Å². The first kappa shape index (κ1) is 9.65. The van der Waals surface area contributed by atoms with E-state index < -0.39 is 5.95 Å². The number of phenols is 1. The first-order chi connectivity index (χ1) is 7.16. The Labute approximate surface area is 87.0 Å². The smallest absolute Gasteiger partial charge is 0.216 e. The summed E-state index contributed by atoms with van der Waals surface area (Å²) in [6.07, 6.45) is 0. The van der Waals surface area contributed by atoms with Crippen LogP contribution in [0.5, 0.6) is 5.75 Å². The summed E-state index contributed by atoms with van der Waals surface area (Å²) in [5, 5.41) is 9.11. The third kappa shape index (κ3) is 1.96. The van der Waals surface area contributed by atoms with E-state index in [9.17, 15) is 4.39 Å². The Hall–Kier alpha value is -1.90. The van der Waals surface area contributed by atoms with Gasteiger partial charge in [-0.2, -0.15) is 4.39 Å². The average molecular weight is 203 g/mol. The van der Waals surface area contributed by atoms with Crippen molar-refractivity contribution in [2.45, 2.75) is 6.92 Å². The number of aromatic hydroxyl groups is 1. The SMILES string of the molecule is Cc1ccc(-c2ccc(O)cc2)nc1F. The molecule has 0 unspecified atom stereocenters. The van der Waals surface area contributed by atoms with Gasteiger partial charge in [-0.05, 0) is 37.3 Å². The second kappa shape index (κ2) is 3.69. The number of benzene rings is 1. The molecule has 1 N–H and O–H groups in total. The number of hydrogen-bond acceptors (Lipinski definition) is 2. The van der Waals surface area contributed by atoms with Crippen LogP contribution in [-0.2, 0) is 0 Å². The van der Waals surface area contributed by atoms with Crippen molar-refractivity contribution >= 4 is 0 Å². The van der Waals surface area contributed by atoms with E-state index in [1.165, 1.54) is 0 Å². The van der Waals surface area contributed by atoms with Crippen LogP contribution in [0.25, 0.3) is 11.3 Å². The van der Waals surface area contributed by atoms with Crippen molar-refractivity contribution in [3.63, 3.8) is 0 Å². The van der Waals surface area contributed by atoms with Gasteiger partial charge in [0.1, 0.15) is 5.75 Å². The number of aromatic nitrogens is 1. The molecular formula is C12H10FNO. The lowest BCUT2D eigenvalue weighted by atomic mass is 10.1. The fourth-order valence-electron chi connectivity index (χ4n) is 1.30. The second-order valence-corrected chi connectivity index (χ2v) is 3.35. The highest BCUT2D eigenvalue weighted by molar-refractivity contribution is 5.59. The zero-order valence-electron chi connectivity index (χ0n) is 8.24. The lowest BCUT2D eigenvalue weighted by Gasteiger charge is -2.02. The van der Waals surface area contributed by atoms with Gasteiger partial charge in [0, 0.05) is 11.1 Å². The molecule has 0 amide bonds. The van der Waals surface area contributed by atoms with Crippen LogP contribution in [-0.4, -0.2) is 10.1 Å². The van der Waals surface area contributed by atoms with Gasteiger partial charge in [-0.25, -0.2) is 4.98 Å². The van der Waals surface area contributed by atoms with E-state index in [0.717, 1.165) is 5.56 Å². The normalized spacial score (nSPS) is 10.3. The van der Waals surface area contributed by atoms with Crippen molar-refractivity contribution in [2.24, 2.45) is 0 Å². The molecule has 0 aliphatic carbocycles. The van der Waals surface area contributed by atoms with Gasteiger partial charge in [0.05, 0.1) is 5.69 Å². The summed E-state index contributed by atoms with van der Waals surface area (Å²) < 4.78 is 13.2. The molecule has 2 aromatic rings. The maximum absolute atomic E-state index is 13.2. The largest absolute Gasteiger partial charge is 0.508 e. The third-order valence-electron chi connectivity index (χ3n) is 2.20. The molecule has 0 saturated heterocycles. The van der Waals surface area contributed by atoms with Gasteiger partial charge in [-0.1, -0.05) is 6.07 Å². The Kier molecular flexibility index (Phi) is 2.37. The molecule has 3 heteroatoms. The van der Waals surface area contributed by atoms with Crippen LogP contribution in [0.2, 0.25) is 0 Å². The summed E-state index contributed by atoms with van der Waals surface area (Å²) in [5.41, 5.74) is 1.88. The number of pyridine rings is 1. The average Bonchev–Trinajstić information content (AvgIpc) is 2.23. The summed E-state index contributed by atoms with van der Waals surface area (Å²) in [4.78, 5) is 3.82. The van der Waals surface area contributed by atoms with E-state index in [1.54, 1.807) is 43.3 Å². The quantitative estimate of drug-likeness (QED) is 0.723. The van der Waals surface area contributed by atoms with Crippen LogP contribution in [0.3, 0.4) is 0 Å². The molecule has 15 heavy (non-hydrogen) atoms. The molecule has 0 aliphatic heterocycles. The Morgan fingerprint density at radius 3 is 2.33 bits per heavy atom. The van der Waals surface area contributed by atoms with Gasteiger partial charge < -0.3 is 5.11 Å². The van der Waals surface area contributed by atoms with E-state index in [4.69, 9.17) is 5.11 Å². The minimum Gasteiger partial charge on any atom is -0.508 e. The van der Waals surface area contributed by atoms with E-state index in [0.29, 0.717) is 11.3 Å². The highest BCUT2D eigenvalue weighted by Gasteiger charge is 2.03. The fraction of sp³-hybridized carbons (Fsp3) is 0.0833. The minimum atomic E-state index is -0.458. The van der Waals surface area contributed by atoms with Crippen molar-refractivity contribution < 1.29 is 9.50 Å². The van der Waals surface area contributed by atoms with E-state index >= 15 is 0 Å². The molecule has 1 aromatic carbocycles. The fourth-order valence-corrected chi connectivity index (χ4v) is 1.30. The van der Waals surface area contributed by atoms with Gasteiger partial charge in [-0.3, -0.25) is 0 Å². The Morgan fingerprint density at radius 1 is 1.07 bits per heavy atom. The van der Waals surface area contributed by atoms with Crippen molar-refractivity contribution in [3.8, 4) is 17.0 Å². The summed E-state index contributed by atoms with van der Waals surface area (Å²) in [7, 11) is 0. The van der Waals surface area contributed by atoms with Crippen LogP contribution in [0.1, 0.15) is 5.56 Å². The Morgan fingerprint density at radius 2 is 1.73 bits per heavy atom. The predicted molar refractivity (Wildman–Crippen MR) is 56.0 cm³/mol. The molecule has 0 radical (unpaired) electrons. The Balaban J connectivity index is 2.45. The summed E-state index contributed by atoms with van der Waals surface area (Å²) in [6.45, 7) is 1.67. The van der Waals surface area contributed by atoms with Crippen molar-refractivity contribution in [3.05, 3.63) is 47.9 Å². The molecule has 1 heterocycles. The number of hydrogen-bond donors (Lipinski definition) is 1. The van der Waals surface area contributed by atoms with Gasteiger partial charge in [-0.15, -0.1) is 0 Å². The van der Waals surface area contributed by atoms with Gasteiger partial charge in [0.2, 0.25) is 5.95 Å². The molecule has 2 rings (SSSR count). The number of halogens is 1. The lowest BCUT2D eigenvalue weighted by Crippen LogP contribution is -1.90. The highest BCUT2D eigenvalue weighted by atomic mass is 19.1. The van der Waals surface area contributed by atoms with Crippen LogP contribution in [0.15, 0.2) is 36.4 Å². The summed E-state index contributed by atoms with van der Waals surface area (Å²) in [6, 6.07) is 9.94. The molecule has 0 spiro atoms. The predicted octanol–water partition coefficient (Wildman–Crippen LogP) is 2.90. The van der Waals surface area contributed by atoms with Crippen molar-refractivity contribution in [1.29, 1.82) is 0 Å². The maximum atomic E-state index is 13.2. The first-order valence-corrected chi connectivity index (χ1v) is 4.59. The molecule has 0 saturated carbocycles. The van der Waals surface area contributed by atoms with E-state index in [2.05, 4.69) is 4.98 Å². The monoisotopic (exact) mass is 203 g/mol. The number of nitrogens with zero attached hydrogens (tertiary/aromatic N) is 1. The van der Waals surface area contributed by atoms with Crippen LogP contribution >= 0.6 is 0 Å². The molecular weight excluding hydrogens is 193 g/mol. The minimum absolute atomic E-state index is 0.186. The van der Waals surface area contributed by atoms with Gasteiger partial charge >= 0.3 is 0 Å². The van der Waals surface area contributed by atoms with Crippen molar-refractivity contribution in [2.75, 3.05) is 0 Å². The van der Waals surface area contributed by atoms with E-state index in [1.807, 2.05) is 0 Å².